The van der Waals surface area contributed by atoms with Gasteiger partial charge in [-0.25, -0.2) is 0 Å². The highest BCUT2D eigenvalue weighted by Crippen LogP contribution is 2.38. The van der Waals surface area contributed by atoms with Gasteiger partial charge in [-0.2, -0.15) is 0 Å². The van der Waals surface area contributed by atoms with Gasteiger partial charge in [0.1, 0.15) is 19.8 Å². The summed E-state index contributed by atoms with van der Waals surface area (Å²) in [7, 11) is 1.18. The van der Waals surface area contributed by atoms with Gasteiger partial charge in [-0.05, 0) is 64.2 Å². The van der Waals surface area contributed by atoms with Crippen LogP contribution in [0, 0.1) is 0 Å². The van der Waals surface area contributed by atoms with Gasteiger partial charge in [0.05, 0.1) is 27.7 Å². The van der Waals surface area contributed by atoms with Crippen molar-refractivity contribution in [3.05, 3.63) is 72.9 Å². The fourth-order valence-electron chi connectivity index (χ4n) is 10.7. The van der Waals surface area contributed by atoms with E-state index >= 15 is 0 Å². The predicted molar refractivity (Wildman–Crippen MR) is 370 cm³/mol. The first-order chi connectivity index (χ1) is 42.0. The van der Waals surface area contributed by atoms with E-state index in [0.29, 0.717) is 17.4 Å². The molecule has 0 radical (unpaired) electrons. The van der Waals surface area contributed by atoms with Crippen LogP contribution in [-0.4, -0.2) is 70.0 Å². The zero-order chi connectivity index (χ0) is 62.6. The SMILES string of the molecule is CC/C=C\C/C=C\C/C=C\C/C=C\C/C=C\C/C=C\CCCCCCCCCCCCCCCCCCCCCCC(=O)OC(COC(=O)CCCCCCCCCCCCCCCCCCCCCCCCC)COP(=O)([O-])OCC[N+](C)(C)C. The summed E-state index contributed by atoms with van der Waals surface area (Å²) < 4.78 is 34.4. The summed E-state index contributed by atoms with van der Waals surface area (Å²) in [5, 5.41) is 0. The largest absolute Gasteiger partial charge is 0.756 e. The van der Waals surface area contributed by atoms with Gasteiger partial charge in [0.15, 0.2) is 6.10 Å². The van der Waals surface area contributed by atoms with Crippen LogP contribution in [0.15, 0.2) is 72.9 Å². The molecule has 0 saturated carbocycles. The molecule has 0 bridgehead atoms. The van der Waals surface area contributed by atoms with Crippen LogP contribution in [0.25, 0.3) is 0 Å². The number of hydrogen-bond acceptors (Lipinski definition) is 8. The number of nitrogens with zero attached hydrogens (tertiary/aromatic N) is 1. The van der Waals surface area contributed by atoms with Gasteiger partial charge in [0, 0.05) is 12.8 Å². The van der Waals surface area contributed by atoms with E-state index in [1.54, 1.807) is 0 Å². The summed E-state index contributed by atoms with van der Waals surface area (Å²) in [6, 6.07) is 0. The van der Waals surface area contributed by atoms with E-state index in [1.165, 1.54) is 238 Å². The van der Waals surface area contributed by atoms with Crippen LogP contribution in [0.2, 0.25) is 0 Å². The molecule has 10 heteroatoms. The molecule has 0 spiro atoms. The monoisotopic (exact) mass is 1230 g/mol. The highest BCUT2D eigenvalue weighted by atomic mass is 31.2. The molecular weight excluding hydrogens is 1090 g/mol. The highest BCUT2D eigenvalue weighted by Gasteiger charge is 2.22. The minimum Gasteiger partial charge on any atom is -0.756 e. The third-order valence-electron chi connectivity index (χ3n) is 16.2. The smallest absolute Gasteiger partial charge is 0.306 e. The summed E-state index contributed by atoms with van der Waals surface area (Å²) in [6.45, 7) is 4.19. The van der Waals surface area contributed by atoms with Crippen molar-refractivity contribution in [2.75, 3.05) is 47.5 Å². The molecule has 0 aliphatic heterocycles. The molecule has 0 saturated heterocycles. The minimum absolute atomic E-state index is 0.0289. The number of likely N-dealkylation sites (N-methyl/N-ethyl adjacent to an activating group) is 1. The number of hydrogen-bond donors (Lipinski definition) is 0. The second-order valence-electron chi connectivity index (χ2n) is 25.9. The summed E-state index contributed by atoms with van der Waals surface area (Å²) in [5.41, 5.74) is 0. The molecule has 0 amide bonds. The summed E-state index contributed by atoms with van der Waals surface area (Å²) in [5.74, 6) is -0.813. The number of carbonyl (C=O) groups is 2. The van der Waals surface area contributed by atoms with Gasteiger partial charge in [0.25, 0.3) is 7.82 Å². The molecule has 0 heterocycles. The highest BCUT2D eigenvalue weighted by molar-refractivity contribution is 7.45. The fourth-order valence-corrected chi connectivity index (χ4v) is 11.4. The maximum atomic E-state index is 12.9. The Kier molecular flexibility index (Phi) is 64.9. The second-order valence-corrected chi connectivity index (χ2v) is 27.3. The molecule has 0 aliphatic rings. The zero-order valence-corrected chi connectivity index (χ0v) is 58.2. The van der Waals surface area contributed by atoms with Crippen molar-refractivity contribution in [2.24, 2.45) is 0 Å². The Morgan fingerprint density at radius 2 is 0.663 bits per heavy atom. The van der Waals surface area contributed by atoms with Crippen LogP contribution in [-0.2, 0) is 32.7 Å². The first-order valence-corrected chi connectivity index (χ1v) is 38.1. The number of quaternary nitrogens is 1. The molecule has 0 fully saturated rings. The van der Waals surface area contributed by atoms with Crippen molar-refractivity contribution < 1.29 is 42.1 Å². The third kappa shape index (κ3) is 70.5. The zero-order valence-electron chi connectivity index (χ0n) is 57.3. The maximum absolute atomic E-state index is 12.9. The molecule has 502 valence electrons. The molecule has 0 rings (SSSR count). The van der Waals surface area contributed by atoms with Crippen molar-refractivity contribution in [3.63, 3.8) is 0 Å². The van der Waals surface area contributed by atoms with Crippen molar-refractivity contribution in [1.29, 1.82) is 0 Å². The molecular formula is C76H140NO8P. The Morgan fingerprint density at radius 1 is 0.372 bits per heavy atom. The number of esters is 2. The van der Waals surface area contributed by atoms with Gasteiger partial charge in [-0.15, -0.1) is 0 Å². The summed E-state index contributed by atoms with van der Waals surface area (Å²) >= 11 is 0. The minimum atomic E-state index is -4.64. The quantitative estimate of drug-likeness (QED) is 0.0195. The topological polar surface area (TPSA) is 111 Å². The van der Waals surface area contributed by atoms with E-state index in [-0.39, 0.29) is 32.0 Å². The lowest BCUT2D eigenvalue weighted by Crippen LogP contribution is -2.37. The third-order valence-corrected chi connectivity index (χ3v) is 17.2. The van der Waals surface area contributed by atoms with Crippen molar-refractivity contribution in [1.82, 2.24) is 0 Å². The molecule has 0 aromatic heterocycles. The second kappa shape index (κ2) is 66.9. The van der Waals surface area contributed by atoms with Crippen molar-refractivity contribution in [2.45, 2.75) is 354 Å². The first kappa shape index (κ1) is 83.5. The van der Waals surface area contributed by atoms with Crippen LogP contribution >= 0.6 is 7.82 Å². The van der Waals surface area contributed by atoms with E-state index in [2.05, 4.69) is 86.8 Å². The number of allylic oxidation sites excluding steroid dienone is 12. The lowest BCUT2D eigenvalue weighted by molar-refractivity contribution is -0.870. The summed E-state index contributed by atoms with van der Waals surface area (Å²) in [6.07, 6.45) is 90.0. The fraction of sp³-hybridized carbons (Fsp3) is 0.816. The van der Waals surface area contributed by atoms with E-state index < -0.39 is 26.5 Å². The molecule has 0 aliphatic carbocycles. The molecule has 86 heavy (non-hydrogen) atoms. The van der Waals surface area contributed by atoms with Gasteiger partial charge < -0.3 is 27.9 Å². The average molecular weight is 1230 g/mol. The molecule has 0 N–H and O–H groups in total. The van der Waals surface area contributed by atoms with Gasteiger partial charge in [0.2, 0.25) is 0 Å². The molecule has 9 nitrogen and oxygen atoms in total. The number of phosphoric acid groups is 1. The van der Waals surface area contributed by atoms with Crippen LogP contribution in [0.3, 0.4) is 0 Å². The maximum Gasteiger partial charge on any atom is 0.306 e. The van der Waals surface area contributed by atoms with E-state index in [9.17, 15) is 19.0 Å². The standard InChI is InChI=1S/C76H140NO8P/c1-6-8-10-12-14-16-18-20-22-24-26-28-30-31-32-33-34-35-36-37-38-39-40-41-42-43-44-45-47-49-51-53-55-57-59-61-63-65-67-69-76(79)85-74(73-84-86(80,81)83-71-70-77(3,4)5)72-82-75(78)68-66-64-62-60-58-56-54-52-50-48-46-29-27-25-23-21-19-17-15-13-11-9-7-2/h8,10,14,16,20,22,26,28,31-32,34-35,74H,6-7,9,11-13,15,17-19,21,23-25,27,29-30,33,36-73H2,1-5H3/b10-8-,16-14-,22-20-,28-26-,32-31-,35-34-. The van der Waals surface area contributed by atoms with E-state index in [4.69, 9.17) is 18.5 Å². The number of ether oxygens (including phenoxy) is 2. The number of rotatable bonds is 68. The molecule has 2 atom stereocenters. The van der Waals surface area contributed by atoms with Crippen LogP contribution in [0.1, 0.15) is 348 Å². The normalized spacial score (nSPS) is 13.5. The van der Waals surface area contributed by atoms with Crippen LogP contribution in [0.5, 0.6) is 0 Å². The number of unbranched alkanes of at least 4 members (excludes halogenated alkanes) is 42. The van der Waals surface area contributed by atoms with Gasteiger partial charge in [-0.3, -0.25) is 14.2 Å². The van der Waals surface area contributed by atoms with Crippen molar-refractivity contribution >= 4 is 19.8 Å². The average Bonchev–Trinajstić information content (AvgIpc) is 3.56. The predicted octanol–water partition coefficient (Wildman–Crippen LogP) is 23.3. The lowest BCUT2D eigenvalue weighted by Gasteiger charge is -2.28. The molecule has 0 aromatic rings. The Hall–Kier alpha value is -2.55. The van der Waals surface area contributed by atoms with Crippen LogP contribution in [0.4, 0.5) is 0 Å². The van der Waals surface area contributed by atoms with Crippen molar-refractivity contribution in [3.8, 4) is 0 Å². The first-order valence-electron chi connectivity index (χ1n) is 36.6. The van der Waals surface area contributed by atoms with Gasteiger partial charge in [-0.1, -0.05) is 344 Å². The Morgan fingerprint density at radius 3 is 0.988 bits per heavy atom. The van der Waals surface area contributed by atoms with E-state index in [0.717, 1.165) is 77.0 Å². The number of phosphoric ester groups is 1. The summed E-state index contributed by atoms with van der Waals surface area (Å²) in [4.78, 5) is 38.1. The molecule has 0 aromatic carbocycles. The Bertz CT molecular complexity index is 1680. The van der Waals surface area contributed by atoms with Crippen LogP contribution < -0.4 is 4.89 Å². The number of carbonyl (C=O) groups excluding carboxylic acids is 2. The van der Waals surface area contributed by atoms with Gasteiger partial charge >= 0.3 is 11.9 Å². The Balaban J connectivity index is 3.95. The Labute approximate surface area is 533 Å². The van der Waals surface area contributed by atoms with E-state index in [1.807, 2.05) is 21.1 Å². The molecule has 2 unspecified atom stereocenters. The lowest BCUT2D eigenvalue weighted by atomic mass is 10.0.